The van der Waals surface area contributed by atoms with E-state index in [2.05, 4.69) is 45.3 Å². The van der Waals surface area contributed by atoms with E-state index >= 15 is 0 Å². The number of nitrogens with zero attached hydrogens (tertiary/aromatic N) is 3. The van der Waals surface area contributed by atoms with Crippen LogP contribution in [-0.4, -0.2) is 56.1 Å². The van der Waals surface area contributed by atoms with Gasteiger partial charge < -0.3 is 20.4 Å². The SMILES string of the molecule is CCN(CC)c1ccc(NC(=O)c2ccc(NCCN(C)C)nc2)c(C)c1. The van der Waals surface area contributed by atoms with Gasteiger partial charge in [-0.2, -0.15) is 0 Å². The van der Waals surface area contributed by atoms with Gasteiger partial charge in [0.2, 0.25) is 0 Å². The fourth-order valence-corrected chi connectivity index (χ4v) is 2.81. The Kier molecular flexibility index (Phi) is 7.61. The number of hydrogen-bond donors (Lipinski definition) is 2. The molecule has 0 spiro atoms. The van der Waals surface area contributed by atoms with Crippen LogP contribution >= 0.6 is 0 Å². The van der Waals surface area contributed by atoms with Crippen molar-refractivity contribution in [1.29, 1.82) is 0 Å². The molecular formula is C21H31N5O. The number of carbonyl (C=O) groups is 1. The summed E-state index contributed by atoms with van der Waals surface area (Å²) in [5.41, 5.74) is 3.58. The van der Waals surface area contributed by atoms with Crippen molar-refractivity contribution in [3.8, 4) is 0 Å². The van der Waals surface area contributed by atoms with Gasteiger partial charge in [-0.05, 0) is 70.8 Å². The molecule has 0 saturated heterocycles. The first kappa shape index (κ1) is 20.7. The highest BCUT2D eigenvalue weighted by molar-refractivity contribution is 6.04. The first-order valence-electron chi connectivity index (χ1n) is 9.46. The molecule has 1 amide bonds. The normalized spacial score (nSPS) is 10.7. The second kappa shape index (κ2) is 9.92. The van der Waals surface area contributed by atoms with E-state index < -0.39 is 0 Å². The molecule has 6 nitrogen and oxygen atoms in total. The lowest BCUT2D eigenvalue weighted by Gasteiger charge is -2.22. The highest BCUT2D eigenvalue weighted by Gasteiger charge is 2.10. The molecule has 0 unspecified atom stereocenters. The van der Waals surface area contributed by atoms with Gasteiger partial charge in [0.15, 0.2) is 0 Å². The summed E-state index contributed by atoms with van der Waals surface area (Å²) in [4.78, 5) is 21.2. The van der Waals surface area contributed by atoms with E-state index in [1.54, 1.807) is 12.3 Å². The summed E-state index contributed by atoms with van der Waals surface area (Å²) in [6.45, 7) is 9.94. The molecule has 0 saturated carbocycles. The summed E-state index contributed by atoms with van der Waals surface area (Å²) in [6.07, 6.45) is 1.60. The van der Waals surface area contributed by atoms with E-state index in [0.717, 1.165) is 43.2 Å². The predicted molar refractivity (Wildman–Crippen MR) is 114 cm³/mol. The molecule has 0 aliphatic heterocycles. The number of nitrogens with one attached hydrogen (secondary N) is 2. The van der Waals surface area contributed by atoms with Gasteiger partial charge in [0.25, 0.3) is 5.91 Å². The van der Waals surface area contributed by atoms with Gasteiger partial charge in [-0.15, -0.1) is 0 Å². The van der Waals surface area contributed by atoms with Gasteiger partial charge >= 0.3 is 0 Å². The summed E-state index contributed by atoms with van der Waals surface area (Å²) in [7, 11) is 4.05. The summed E-state index contributed by atoms with van der Waals surface area (Å²) in [6, 6.07) is 9.75. The van der Waals surface area contributed by atoms with E-state index in [1.165, 1.54) is 5.69 Å². The molecule has 6 heteroatoms. The third kappa shape index (κ3) is 5.96. The minimum Gasteiger partial charge on any atom is -0.372 e. The number of hydrogen-bond acceptors (Lipinski definition) is 5. The largest absolute Gasteiger partial charge is 0.372 e. The van der Waals surface area contributed by atoms with Crippen molar-refractivity contribution < 1.29 is 4.79 Å². The molecule has 0 aliphatic rings. The lowest BCUT2D eigenvalue weighted by atomic mass is 10.1. The van der Waals surface area contributed by atoms with Crippen LogP contribution in [0.25, 0.3) is 0 Å². The zero-order valence-electron chi connectivity index (χ0n) is 17.0. The van der Waals surface area contributed by atoms with Gasteiger partial charge in [-0.25, -0.2) is 4.98 Å². The summed E-state index contributed by atoms with van der Waals surface area (Å²) >= 11 is 0. The molecule has 1 heterocycles. The number of pyridine rings is 1. The van der Waals surface area contributed by atoms with Crippen LogP contribution in [0.15, 0.2) is 36.5 Å². The van der Waals surface area contributed by atoms with Crippen LogP contribution in [-0.2, 0) is 0 Å². The highest BCUT2D eigenvalue weighted by Crippen LogP contribution is 2.23. The van der Waals surface area contributed by atoms with Crippen molar-refractivity contribution in [3.05, 3.63) is 47.7 Å². The van der Waals surface area contributed by atoms with Gasteiger partial charge in [0.05, 0.1) is 5.56 Å². The number of aromatic nitrogens is 1. The standard InChI is InChI=1S/C21H31N5O/c1-6-26(7-2)18-9-10-19(16(3)14-18)24-21(27)17-8-11-20(23-15-17)22-12-13-25(4)5/h8-11,14-15H,6-7,12-13H2,1-5H3,(H,22,23)(H,24,27). The van der Waals surface area contributed by atoms with Crippen molar-refractivity contribution in [2.75, 3.05) is 55.8 Å². The topological polar surface area (TPSA) is 60.5 Å². The van der Waals surface area contributed by atoms with Crippen LogP contribution in [0, 0.1) is 6.92 Å². The van der Waals surface area contributed by atoms with Gasteiger partial charge in [0, 0.05) is 43.8 Å². The third-order valence-corrected chi connectivity index (χ3v) is 4.48. The molecule has 146 valence electrons. The molecule has 0 radical (unpaired) electrons. The average molecular weight is 370 g/mol. The number of anilines is 3. The van der Waals surface area contributed by atoms with E-state index in [-0.39, 0.29) is 5.91 Å². The first-order valence-corrected chi connectivity index (χ1v) is 9.46. The van der Waals surface area contributed by atoms with E-state index in [9.17, 15) is 4.79 Å². The lowest BCUT2D eigenvalue weighted by molar-refractivity contribution is 0.102. The molecule has 0 bridgehead atoms. The first-order chi connectivity index (χ1) is 12.9. The van der Waals surface area contributed by atoms with Crippen molar-refractivity contribution in [2.24, 2.45) is 0 Å². The number of benzene rings is 1. The smallest absolute Gasteiger partial charge is 0.257 e. The van der Waals surface area contributed by atoms with E-state index in [4.69, 9.17) is 0 Å². The number of carbonyl (C=O) groups excluding carboxylic acids is 1. The van der Waals surface area contributed by atoms with E-state index in [0.29, 0.717) is 5.56 Å². The molecule has 2 N–H and O–H groups in total. The zero-order valence-corrected chi connectivity index (χ0v) is 17.0. The van der Waals surface area contributed by atoms with Crippen molar-refractivity contribution >= 4 is 23.1 Å². The number of likely N-dealkylation sites (N-methyl/N-ethyl adjacent to an activating group) is 1. The van der Waals surface area contributed by atoms with Gasteiger partial charge in [0.1, 0.15) is 5.82 Å². The Hall–Kier alpha value is -2.60. The van der Waals surface area contributed by atoms with Crippen molar-refractivity contribution in [1.82, 2.24) is 9.88 Å². The van der Waals surface area contributed by atoms with Crippen molar-refractivity contribution in [3.63, 3.8) is 0 Å². The highest BCUT2D eigenvalue weighted by atomic mass is 16.1. The molecule has 2 aromatic rings. The molecule has 0 fully saturated rings. The molecule has 1 aromatic heterocycles. The third-order valence-electron chi connectivity index (χ3n) is 4.48. The fourth-order valence-electron chi connectivity index (χ4n) is 2.81. The van der Waals surface area contributed by atoms with Gasteiger partial charge in [-0.1, -0.05) is 0 Å². The molecule has 2 rings (SSSR count). The molecule has 0 aliphatic carbocycles. The number of aryl methyl sites for hydroxylation is 1. The quantitative estimate of drug-likeness (QED) is 0.709. The van der Waals surface area contributed by atoms with Crippen LogP contribution in [0.2, 0.25) is 0 Å². The number of rotatable bonds is 9. The lowest BCUT2D eigenvalue weighted by Crippen LogP contribution is -2.22. The summed E-state index contributed by atoms with van der Waals surface area (Å²) < 4.78 is 0. The summed E-state index contributed by atoms with van der Waals surface area (Å²) in [5.74, 6) is 0.620. The number of amides is 1. The second-order valence-electron chi connectivity index (χ2n) is 6.79. The maximum Gasteiger partial charge on any atom is 0.257 e. The van der Waals surface area contributed by atoms with Crippen molar-refractivity contribution in [2.45, 2.75) is 20.8 Å². The maximum atomic E-state index is 12.5. The maximum absolute atomic E-state index is 12.5. The molecular weight excluding hydrogens is 338 g/mol. The Morgan fingerprint density at radius 2 is 1.85 bits per heavy atom. The Bertz CT molecular complexity index is 739. The monoisotopic (exact) mass is 369 g/mol. The zero-order chi connectivity index (χ0) is 19.8. The minimum absolute atomic E-state index is 0.152. The van der Waals surface area contributed by atoms with Crippen LogP contribution in [0.3, 0.4) is 0 Å². The average Bonchev–Trinajstić information content (AvgIpc) is 2.65. The summed E-state index contributed by atoms with van der Waals surface area (Å²) in [5, 5.41) is 6.22. The van der Waals surface area contributed by atoms with Crippen LogP contribution in [0.5, 0.6) is 0 Å². The second-order valence-corrected chi connectivity index (χ2v) is 6.79. The Morgan fingerprint density at radius 1 is 1.11 bits per heavy atom. The van der Waals surface area contributed by atoms with Crippen LogP contribution < -0.4 is 15.5 Å². The Balaban J connectivity index is 2.00. The van der Waals surface area contributed by atoms with Crippen LogP contribution in [0.1, 0.15) is 29.8 Å². The minimum atomic E-state index is -0.152. The molecule has 27 heavy (non-hydrogen) atoms. The van der Waals surface area contributed by atoms with Crippen LogP contribution in [0.4, 0.5) is 17.2 Å². The predicted octanol–water partition coefficient (Wildman–Crippen LogP) is 3.46. The fraction of sp³-hybridized carbons (Fsp3) is 0.429. The Labute approximate surface area is 162 Å². The Morgan fingerprint density at radius 3 is 2.41 bits per heavy atom. The van der Waals surface area contributed by atoms with Gasteiger partial charge in [-0.3, -0.25) is 4.79 Å². The van der Waals surface area contributed by atoms with E-state index in [1.807, 2.05) is 39.2 Å². The molecule has 0 atom stereocenters. The molecule has 1 aromatic carbocycles.